The highest BCUT2D eigenvalue weighted by molar-refractivity contribution is 6.30. The first kappa shape index (κ1) is 30.8. The van der Waals surface area contributed by atoms with E-state index in [1.165, 1.54) is 45.4 Å². The zero-order valence-corrected chi connectivity index (χ0v) is 25.6. The van der Waals surface area contributed by atoms with Crippen LogP contribution in [0.4, 0.5) is 0 Å². The number of halogens is 1. The molecule has 10 nitrogen and oxygen atoms in total. The summed E-state index contributed by atoms with van der Waals surface area (Å²) in [5.74, 6) is 1.34. The van der Waals surface area contributed by atoms with E-state index in [9.17, 15) is 9.59 Å². The normalized spacial score (nSPS) is 11.2. The van der Waals surface area contributed by atoms with Gasteiger partial charge in [-0.2, -0.15) is 9.78 Å². The van der Waals surface area contributed by atoms with Crippen molar-refractivity contribution in [1.29, 1.82) is 0 Å². The van der Waals surface area contributed by atoms with Crippen molar-refractivity contribution in [3.05, 3.63) is 111 Å². The van der Waals surface area contributed by atoms with Crippen LogP contribution >= 0.6 is 11.6 Å². The van der Waals surface area contributed by atoms with Crippen molar-refractivity contribution in [3.63, 3.8) is 0 Å². The van der Waals surface area contributed by atoms with E-state index in [0.717, 1.165) is 5.56 Å². The van der Waals surface area contributed by atoms with Crippen LogP contribution in [0.1, 0.15) is 11.1 Å². The molecule has 0 radical (unpaired) electrons. The van der Waals surface area contributed by atoms with Crippen molar-refractivity contribution >= 4 is 40.8 Å². The average molecular weight is 626 g/mol. The van der Waals surface area contributed by atoms with Crippen LogP contribution in [0.5, 0.6) is 28.7 Å². The van der Waals surface area contributed by atoms with E-state index in [1.807, 2.05) is 0 Å². The van der Waals surface area contributed by atoms with E-state index in [0.29, 0.717) is 50.1 Å². The minimum absolute atomic E-state index is 0.211. The van der Waals surface area contributed by atoms with Gasteiger partial charge in [0.1, 0.15) is 0 Å². The van der Waals surface area contributed by atoms with Gasteiger partial charge in [-0.15, -0.1) is 0 Å². The van der Waals surface area contributed by atoms with Gasteiger partial charge in [-0.05, 0) is 71.8 Å². The number of hydrogen-bond donors (Lipinski definition) is 0. The Morgan fingerprint density at radius 1 is 0.800 bits per heavy atom. The minimum Gasteiger partial charge on any atom is -0.493 e. The van der Waals surface area contributed by atoms with Crippen molar-refractivity contribution in [3.8, 4) is 40.1 Å². The fourth-order valence-corrected chi connectivity index (χ4v) is 4.61. The van der Waals surface area contributed by atoms with Gasteiger partial charge < -0.3 is 23.7 Å². The SMILES string of the molecule is COc1cc(C=Nn2c(-c3cc(OC)c(OC)c(OC)c3)nc3ccccc3c2=O)ccc1OC(=O)/C=C/c1ccc(Cl)cc1. The van der Waals surface area contributed by atoms with Crippen LogP contribution in [0.2, 0.25) is 5.02 Å². The molecular formula is C34H28ClN3O7. The van der Waals surface area contributed by atoms with Gasteiger partial charge in [0, 0.05) is 16.7 Å². The van der Waals surface area contributed by atoms with E-state index >= 15 is 0 Å². The highest BCUT2D eigenvalue weighted by Crippen LogP contribution is 2.41. The maximum atomic E-state index is 13.7. The summed E-state index contributed by atoms with van der Waals surface area (Å²) in [5, 5.41) is 5.50. The van der Waals surface area contributed by atoms with Gasteiger partial charge in [0.15, 0.2) is 28.8 Å². The molecule has 1 heterocycles. The molecule has 11 heteroatoms. The van der Waals surface area contributed by atoms with Gasteiger partial charge in [-0.1, -0.05) is 35.9 Å². The predicted octanol–water partition coefficient (Wildman–Crippen LogP) is 6.25. The highest BCUT2D eigenvalue weighted by atomic mass is 35.5. The summed E-state index contributed by atoms with van der Waals surface area (Å²) in [4.78, 5) is 30.9. The molecule has 5 rings (SSSR count). The van der Waals surface area contributed by atoms with Gasteiger partial charge in [-0.25, -0.2) is 9.78 Å². The maximum Gasteiger partial charge on any atom is 0.336 e. The van der Waals surface area contributed by atoms with Crippen LogP contribution in [-0.2, 0) is 4.79 Å². The Bertz CT molecular complexity index is 1960. The van der Waals surface area contributed by atoms with E-state index in [4.69, 9.17) is 40.3 Å². The molecule has 5 aromatic rings. The third kappa shape index (κ3) is 6.81. The molecular weight excluding hydrogens is 598 g/mol. The number of rotatable bonds is 10. The predicted molar refractivity (Wildman–Crippen MR) is 173 cm³/mol. The topological polar surface area (TPSA) is 110 Å². The number of carbonyl (C=O) groups excluding carboxylic acids is 1. The number of hydrogen-bond acceptors (Lipinski definition) is 9. The van der Waals surface area contributed by atoms with Gasteiger partial charge >= 0.3 is 5.97 Å². The van der Waals surface area contributed by atoms with Crippen molar-refractivity contribution in [2.24, 2.45) is 5.10 Å². The fourth-order valence-electron chi connectivity index (χ4n) is 4.48. The third-order valence-corrected chi connectivity index (χ3v) is 6.93. The van der Waals surface area contributed by atoms with E-state index in [1.54, 1.807) is 84.9 Å². The number of methoxy groups -OCH3 is 4. The summed E-state index contributed by atoms with van der Waals surface area (Å²) in [5.41, 5.74) is 1.98. The van der Waals surface area contributed by atoms with Crippen molar-refractivity contribution in [2.45, 2.75) is 0 Å². The molecule has 0 aliphatic rings. The second kappa shape index (κ2) is 13.8. The standard InChI is InChI=1S/C34H28ClN3O7/c1-41-28-17-22(11-15-27(28)45-31(39)16-12-21-9-13-24(35)14-10-21)20-36-38-33(37-26-8-6-5-7-25(26)34(38)40)23-18-29(42-2)32(44-4)30(19-23)43-3/h5-20H,1-4H3/b16-12+,36-20?. The Hall–Kier alpha value is -5.61. The number of fused-ring (bicyclic) bond motifs is 1. The highest BCUT2D eigenvalue weighted by Gasteiger charge is 2.19. The Labute approximate surface area is 263 Å². The van der Waals surface area contributed by atoms with Crippen LogP contribution < -0.4 is 29.2 Å². The molecule has 0 atom stereocenters. The first-order valence-electron chi connectivity index (χ1n) is 13.5. The summed E-state index contributed by atoms with van der Waals surface area (Å²) in [7, 11) is 5.97. The lowest BCUT2D eigenvalue weighted by atomic mass is 10.1. The van der Waals surface area contributed by atoms with Gasteiger partial charge in [0.2, 0.25) is 5.75 Å². The summed E-state index contributed by atoms with van der Waals surface area (Å²) in [6, 6.07) is 22.3. The fraction of sp³-hybridized carbons (Fsp3) is 0.118. The quantitative estimate of drug-likeness (QED) is 0.0775. The summed E-state index contributed by atoms with van der Waals surface area (Å²) in [6.45, 7) is 0. The third-order valence-electron chi connectivity index (χ3n) is 6.68. The van der Waals surface area contributed by atoms with Crippen LogP contribution in [-0.4, -0.2) is 50.3 Å². The number of benzene rings is 4. The Kier molecular flexibility index (Phi) is 9.45. The van der Waals surface area contributed by atoms with Gasteiger partial charge in [0.25, 0.3) is 5.56 Å². The van der Waals surface area contributed by atoms with Crippen LogP contribution in [0.25, 0.3) is 28.4 Å². The number of esters is 1. The molecule has 0 aliphatic carbocycles. The Morgan fingerprint density at radius 2 is 1.47 bits per heavy atom. The molecule has 0 aliphatic heterocycles. The monoisotopic (exact) mass is 625 g/mol. The molecule has 0 N–H and O–H groups in total. The number of nitrogens with zero attached hydrogens (tertiary/aromatic N) is 3. The van der Waals surface area contributed by atoms with Crippen molar-refractivity contribution < 1.29 is 28.5 Å². The smallest absolute Gasteiger partial charge is 0.336 e. The molecule has 0 amide bonds. The molecule has 1 aromatic heterocycles. The van der Waals surface area contributed by atoms with Crippen LogP contribution in [0, 0.1) is 0 Å². The lowest BCUT2D eigenvalue weighted by Crippen LogP contribution is -2.20. The first-order chi connectivity index (χ1) is 21.8. The molecule has 4 aromatic carbocycles. The average Bonchev–Trinajstić information content (AvgIpc) is 3.07. The van der Waals surface area contributed by atoms with Crippen molar-refractivity contribution in [2.75, 3.05) is 28.4 Å². The largest absolute Gasteiger partial charge is 0.493 e. The number of aromatic nitrogens is 2. The summed E-state index contributed by atoms with van der Waals surface area (Å²) in [6.07, 6.45) is 4.41. The molecule has 0 unspecified atom stereocenters. The van der Waals surface area contributed by atoms with Crippen LogP contribution in [0.15, 0.2) is 94.8 Å². The molecule has 0 saturated heterocycles. The lowest BCUT2D eigenvalue weighted by molar-refractivity contribution is -0.129. The Morgan fingerprint density at radius 3 is 2.13 bits per heavy atom. The summed E-state index contributed by atoms with van der Waals surface area (Å²) < 4.78 is 28.6. The molecule has 0 saturated carbocycles. The zero-order valence-electron chi connectivity index (χ0n) is 24.8. The van der Waals surface area contributed by atoms with Crippen molar-refractivity contribution in [1.82, 2.24) is 9.66 Å². The molecule has 0 spiro atoms. The summed E-state index contributed by atoms with van der Waals surface area (Å²) >= 11 is 5.91. The van der Waals surface area contributed by atoms with E-state index in [2.05, 4.69) is 5.10 Å². The first-order valence-corrected chi connectivity index (χ1v) is 13.9. The molecule has 228 valence electrons. The van der Waals surface area contributed by atoms with Gasteiger partial charge in [0.05, 0.1) is 45.6 Å². The van der Waals surface area contributed by atoms with E-state index < -0.39 is 5.97 Å². The maximum absolute atomic E-state index is 13.7. The zero-order chi connectivity index (χ0) is 31.9. The lowest BCUT2D eigenvalue weighted by Gasteiger charge is -2.15. The second-order valence-electron chi connectivity index (χ2n) is 9.44. The minimum atomic E-state index is -0.589. The number of para-hydroxylation sites is 1. The number of ether oxygens (including phenoxy) is 5. The Balaban J connectivity index is 1.50. The molecule has 0 bridgehead atoms. The second-order valence-corrected chi connectivity index (χ2v) is 9.88. The van der Waals surface area contributed by atoms with Gasteiger partial charge in [-0.3, -0.25) is 4.79 Å². The van der Waals surface area contributed by atoms with E-state index in [-0.39, 0.29) is 17.1 Å². The number of carbonyl (C=O) groups is 1. The molecule has 45 heavy (non-hydrogen) atoms. The van der Waals surface area contributed by atoms with Crippen LogP contribution in [0.3, 0.4) is 0 Å². The molecule has 0 fully saturated rings.